The average molecular weight is 687 g/mol. The molecule has 0 atom stereocenters. The molecule has 4 nitrogen and oxygen atoms in total. The molecule has 0 bridgehead atoms. The Labute approximate surface area is 297 Å². The molecule has 284 valence electrons. The molecule has 5 heteroatoms. The van der Waals surface area contributed by atoms with Crippen molar-refractivity contribution < 1.29 is 18.1 Å². The van der Waals surface area contributed by atoms with Crippen LogP contribution in [-0.2, 0) is 18.1 Å². The molecule has 0 unspecified atom stereocenters. The van der Waals surface area contributed by atoms with Gasteiger partial charge in [-0.25, -0.2) is 4.57 Å². The van der Waals surface area contributed by atoms with E-state index in [0.29, 0.717) is 0 Å². The number of unbranched alkanes of at least 4 members (excludes halogenated alkanes) is 24. The van der Waals surface area contributed by atoms with Crippen molar-refractivity contribution in [1.82, 2.24) is 0 Å². The van der Waals surface area contributed by atoms with Crippen molar-refractivity contribution >= 4 is 7.82 Å². The van der Waals surface area contributed by atoms with Crippen LogP contribution in [0.1, 0.15) is 255 Å². The maximum atomic E-state index is 14.6. The van der Waals surface area contributed by atoms with E-state index < -0.39 is 24.6 Å². The van der Waals surface area contributed by atoms with Crippen LogP contribution in [-0.4, -0.2) is 16.8 Å². The lowest BCUT2D eigenvalue weighted by Crippen LogP contribution is -2.33. The van der Waals surface area contributed by atoms with Crippen LogP contribution in [0, 0.1) is 0 Å². The van der Waals surface area contributed by atoms with Gasteiger partial charge in [-0.05, 0) is 60.8 Å². The van der Waals surface area contributed by atoms with E-state index >= 15 is 0 Å². The predicted molar refractivity (Wildman–Crippen MR) is 209 cm³/mol. The van der Waals surface area contributed by atoms with Gasteiger partial charge >= 0.3 is 7.82 Å². The highest BCUT2D eigenvalue weighted by Crippen LogP contribution is 2.59. The smallest absolute Gasteiger partial charge is 0.281 e. The Morgan fingerprint density at radius 1 is 0.319 bits per heavy atom. The van der Waals surface area contributed by atoms with E-state index in [0.717, 1.165) is 38.5 Å². The lowest BCUT2D eigenvalue weighted by molar-refractivity contribution is -0.0484. The lowest BCUT2D eigenvalue weighted by Gasteiger charge is -2.38. The van der Waals surface area contributed by atoms with Crippen molar-refractivity contribution in [3.05, 3.63) is 0 Å². The van der Waals surface area contributed by atoms with Crippen LogP contribution in [0.4, 0.5) is 0 Å². The van der Waals surface area contributed by atoms with E-state index in [1.807, 2.05) is 0 Å². The fourth-order valence-electron chi connectivity index (χ4n) is 6.68. The summed E-state index contributed by atoms with van der Waals surface area (Å²) < 4.78 is 34.0. The number of phosphoric acid groups is 1. The van der Waals surface area contributed by atoms with E-state index in [4.69, 9.17) is 13.6 Å². The minimum absolute atomic E-state index is 0.571. The molecule has 0 aromatic carbocycles. The van der Waals surface area contributed by atoms with E-state index in [9.17, 15) is 4.57 Å². The Morgan fingerprint density at radius 2 is 0.489 bits per heavy atom. The van der Waals surface area contributed by atoms with Crippen molar-refractivity contribution in [2.75, 3.05) is 0 Å². The first-order chi connectivity index (χ1) is 22.3. The zero-order chi connectivity index (χ0) is 35.3. The van der Waals surface area contributed by atoms with Gasteiger partial charge in [-0.2, -0.15) is 0 Å². The maximum Gasteiger partial charge on any atom is 0.476 e. The van der Waals surface area contributed by atoms with Gasteiger partial charge in [0.15, 0.2) is 0 Å². The third-order valence-corrected chi connectivity index (χ3v) is 11.9. The fourth-order valence-corrected chi connectivity index (χ4v) is 8.89. The summed E-state index contributed by atoms with van der Waals surface area (Å²) >= 11 is 0. The summed E-state index contributed by atoms with van der Waals surface area (Å²) in [5, 5.41) is 0. The van der Waals surface area contributed by atoms with Gasteiger partial charge < -0.3 is 0 Å². The Bertz CT molecular complexity index is 637. The van der Waals surface area contributed by atoms with Gasteiger partial charge in [0.2, 0.25) is 0 Å². The number of phosphoric ester groups is 1. The number of rotatable bonds is 36. The van der Waals surface area contributed by atoms with E-state index in [2.05, 4.69) is 62.3 Å². The van der Waals surface area contributed by atoms with Crippen LogP contribution < -0.4 is 0 Å². The van der Waals surface area contributed by atoms with Crippen molar-refractivity contribution in [3.63, 3.8) is 0 Å². The summed E-state index contributed by atoms with van der Waals surface area (Å²) in [6, 6.07) is 0. The van der Waals surface area contributed by atoms with Crippen molar-refractivity contribution in [2.45, 2.75) is 272 Å². The summed E-state index contributed by atoms with van der Waals surface area (Å²) in [6.45, 7) is 19.2. The molecule has 0 amide bonds. The molecular weight excluding hydrogens is 599 g/mol. The highest BCUT2D eigenvalue weighted by atomic mass is 31.2. The van der Waals surface area contributed by atoms with Crippen LogP contribution in [0.5, 0.6) is 0 Å². The quantitative estimate of drug-likeness (QED) is 0.0486. The largest absolute Gasteiger partial charge is 0.476 e. The van der Waals surface area contributed by atoms with Crippen molar-refractivity contribution in [2.24, 2.45) is 0 Å². The Kier molecular flexibility index (Phi) is 28.8. The Balaban J connectivity index is 5.03. The van der Waals surface area contributed by atoms with Gasteiger partial charge in [-0.15, -0.1) is 0 Å². The molecule has 0 rings (SSSR count). The van der Waals surface area contributed by atoms with Gasteiger partial charge in [0.05, 0.1) is 16.8 Å². The number of hydrogen-bond donors (Lipinski definition) is 0. The third-order valence-electron chi connectivity index (χ3n) is 9.72. The molecular formula is C42H87O4P. The van der Waals surface area contributed by atoms with Crippen LogP contribution >= 0.6 is 7.82 Å². The zero-order valence-electron chi connectivity index (χ0n) is 33.8. The standard InChI is InChI=1S/C42H87O4P/c1-10-13-16-19-22-25-28-31-34-37-40(4,5)44-47(43,45-41(6,7)38-35-32-29-26-23-20-17-14-11-2)46-42(8,9)39-36-33-30-27-24-21-18-15-12-3/h10-39H2,1-9H3. The molecule has 0 aliphatic rings. The second-order valence-corrected chi connectivity index (χ2v) is 18.2. The summed E-state index contributed by atoms with van der Waals surface area (Å²) in [5.74, 6) is 0. The SMILES string of the molecule is CCCCCCCCCCCC(C)(C)OP(=O)(OC(C)(C)CCCCCCCCCCC)OC(C)(C)CCCCCCCCCCC. The topological polar surface area (TPSA) is 44.8 Å². The molecule has 0 saturated heterocycles. The molecule has 0 aliphatic heterocycles. The minimum Gasteiger partial charge on any atom is -0.281 e. The van der Waals surface area contributed by atoms with E-state index in [1.165, 1.54) is 154 Å². The monoisotopic (exact) mass is 687 g/mol. The summed E-state index contributed by atoms with van der Waals surface area (Å²) in [4.78, 5) is 0. The summed E-state index contributed by atoms with van der Waals surface area (Å²) in [7, 11) is -3.82. The molecule has 0 heterocycles. The van der Waals surface area contributed by atoms with Gasteiger partial charge in [0, 0.05) is 0 Å². The van der Waals surface area contributed by atoms with Crippen molar-refractivity contribution in [1.29, 1.82) is 0 Å². The molecule has 0 aliphatic carbocycles. The molecule has 47 heavy (non-hydrogen) atoms. The molecule has 0 aromatic rings. The van der Waals surface area contributed by atoms with Crippen LogP contribution in [0.2, 0.25) is 0 Å². The second kappa shape index (κ2) is 28.8. The van der Waals surface area contributed by atoms with E-state index in [-0.39, 0.29) is 0 Å². The molecule has 0 N–H and O–H groups in total. The van der Waals surface area contributed by atoms with Crippen LogP contribution in [0.25, 0.3) is 0 Å². The summed E-state index contributed by atoms with van der Waals surface area (Å²) in [6.07, 6.45) is 37.4. The predicted octanol–water partition coefficient (Wildman–Crippen LogP) is 16.2. The highest BCUT2D eigenvalue weighted by molar-refractivity contribution is 7.48. The fraction of sp³-hybridized carbons (Fsp3) is 1.00. The first-order valence-corrected chi connectivity index (χ1v) is 22.5. The molecule has 0 spiro atoms. The average Bonchev–Trinajstić information content (AvgIpc) is 2.97. The summed E-state index contributed by atoms with van der Waals surface area (Å²) in [5.41, 5.74) is -1.71. The van der Waals surface area contributed by atoms with Gasteiger partial charge in [0.1, 0.15) is 0 Å². The normalized spacial score (nSPS) is 13.1. The Hall–Kier alpha value is 0.110. The highest BCUT2D eigenvalue weighted by Gasteiger charge is 2.43. The molecule has 0 saturated carbocycles. The van der Waals surface area contributed by atoms with Gasteiger partial charge in [-0.3, -0.25) is 13.6 Å². The lowest BCUT2D eigenvalue weighted by atomic mass is 9.99. The third kappa shape index (κ3) is 30.6. The first kappa shape index (κ1) is 47.1. The first-order valence-electron chi connectivity index (χ1n) is 21.0. The minimum atomic E-state index is -3.82. The number of hydrogen-bond acceptors (Lipinski definition) is 4. The second-order valence-electron chi connectivity index (χ2n) is 16.7. The maximum absolute atomic E-state index is 14.6. The van der Waals surface area contributed by atoms with Gasteiger partial charge in [0.25, 0.3) is 0 Å². The molecule has 0 aromatic heterocycles. The van der Waals surface area contributed by atoms with E-state index in [1.54, 1.807) is 0 Å². The Morgan fingerprint density at radius 3 is 0.681 bits per heavy atom. The zero-order valence-corrected chi connectivity index (χ0v) is 34.7. The molecule has 0 radical (unpaired) electrons. The van der Waals surface area contributed by atoms with Crippen LogP contribution in [0.3, 0.4) is 0 Å². The van der Waals surface area contributed by atoms with Crippen LogP contribution in [0.15, 0.2) is 0 Å². The van der Waals surface area contributed by atoms with Crippen molar-refractivity contribution in [3.8, 4) is 0 Å². The van der Waals surface area contributed by atoms with Gasteiger partial charge in [-0.1, -0.05) is 194 Å². The molecule has 0 fully saturated rings.